The maximum absolute atomic E-state index is 12.4. The zero-order valence-corrected chi connectivity index (χ0v) is 16.1. The minimum Gasteiger partial charge on any atom is -0.378 e. The predicted octanol–water partition coefficient (Wildman–Crippen LogP) is 4.76. The van der Waals surface area contributed by atoms with Gasteiger partial charge in [0.1, 0.15) is 5.82 Å². The number of carbonyl (C=O) groups excluding carboxylic acids is 1. The number of aromatic nitrogens is 1. The van der Waals surface area contributed by atoms with Crippen LogP contribution in [-0.4, -0.2) is 25.0 Å². The highest BCUT2D eigenvalue weighted by Gasteiger charge is 2.08. The highest BCUT2D eigenvalue weighted by atomic mass is 16.1. The molecule has 0 saturated heterocycles. The average molecular weight is 360 g/mol. The van der Waals surface area contributed by atoms with E-state index in [4.69, 9.17) is 0 Å². The van der Waals surface area contributed by atoms with Crippen LogP contribution in [-0.2, 0) is 0 Å². The monoisotopic (exact) mass is 360 g/mol. The van der Waals surface area contributed by atoms with Crippen LogP contribution < -0.4 is 15.5 Å². The summed E-state index contributed by atoms with van der Waals surface area (Å²) in [5.74, 6) is 0.517. The summed E-state index contributed by atoms with van der Waals surface area (Å²) in [6.45, 7) is 4.07. The molecule has 0 saturated carbocycles. The number of rotatable bonds is 5. The van der Waals surface area contributed by atoms with Gasteiger partial charge in [-0.05, 0) is 73.5 Å². The zero-order chi connectivity index (χ0) is 19.4. The number of aryl methyl sites for hydroxylation is 2. The standard InChI is InChI=1S/C22H24N4O/c1-15-5-7-19(13-16(15)2)25-22(27)17-6-12-21(23-14-17)24-18-8-10-20(11-9-18)26(3)4/h5-14H,1-4H3,(H,23,24)(H,25,27). The van der Waals surface area contributed by atoms with Crippen molar-refractivity contribution in [1.82, 2.24) is 4.98 Å². The first kappa shape index (κ1) is 18.5. The maximum atomic E-state index is 12.4. The lowest BCUT2D eigenvalue weighted by molar-refractivity contribution is 0.102. The summed E-state index contributed by atoms with van der Waals surface area (Å²) in [7, 11) is 4.01. The molecule has 138 valence electrons. The molecule has 27 heavy (non-hydrogen) atoms. The van der Waals surface area contributed by atoms with Gasteiger partial charge >= 0.3 is 0 Å². The van der Waals surface area contributed by atoms with E-state index in [1.54, 1.807) is 18.3 Å². The minimum absolute atomic E-state index is 0.173. The molecule has 5 heteroatoms. The molecule has 0 radical (unpaired) electrons. The number of nitrogens with one attached hydrogen (secondary N) is 2. The van der Waals surface area contributed by atoms with E-state index in [2.05, 4.69) is 15.6 Å². The number of amides is 1. The van der Waals surface area contributed by atoms with Crippen molar-refractivity contribution in [3.63, 3.8) is 0 Å². The second-order valence-corrected chi connectivity index (χ2v) is 6.75. The van der Waals surface area contributed by atoms with Crippen LogP contribution in [0.4, 0.5) is 22.9 Å². The Bertz CT molecular complexity index is 932. The van der Waals surface area contributed by atoms with E-state index in [-0.39, 0.29) is 5.91 Å². The average Bonchev–Trinajstić information content (AvgIpc) is 2.66. The Balaban J connectivity index is 1.65. The molecule has 0 aliphatic rings. The van der Waals surface area contributed by atoms with E-state index in [0.29, 0.717) is 11.4 Å². The van der Waals surface area contributed by atoms with Crippen LogP contribution in [0.3, 0.4) is 0 Å². The SMILES string of the molecule is Cc1ccc(NC(=O)c2ccc(Nc3ccc(N(C)C)cc3)nc2)cc1C. The van der Waals surface area contributed by atoms with Gasteiger partial charge < -0.3 is 15.5 Å². The molecule has 2 aromatic carbocycles. The number of hydrogen-bond acceptors (Lipinski definition) is 4. The maximum Gasteiger partial charge on any atom is 0.257 e. The molecule has 2 N–H and O–H groups in total. The van der Waals surface area contributed by atoms with Gasteiger partial charge in [0.25, 0.3) is 5.91 Å². The molecule has 1 aromatic heterocycles. The summed E-state index contributed by atoms with van der Waals surface area (Å²) in [4.78, 5) is 18.8. The van der Waals surface area contributed by atoms with Crippen molar-refractivity contribution in [2.75, 3.05) is 29.6 Å². The Morgan fingerprint density at radius 2 is 1.59 bits per heavy atom. The molecule has 1 amide bonds. The summed E-state index contributed by atoms with van der Waals surface area (Å²) >= 11 is 0. The van der Waals surface area contributed by atoms with Gasteiger partial charge in [0.2, 0.25) is 0 Å². The molecule has 0 fully saturated rings. The first-order valence-electron chi connectivity index (χ1n) is 8.81. The Labute approximate surface area is 160 Å². The fourth-order valence-electron chi connectivity index (χ4n) is 2.62. The van der Waals surface area contributed by atoms with Crippen LogP contribution in [0, 0.1) is 13.8 Å². The lowest BCUT2D eigenvalue weighted by Crippen LogP contribution is -2.12. The van der Waals surface area contributed by atoms with Crippen molar-refractivity contribution in [1.29, 1.82) is 0 Å². The fourth-order valence-corrected chi connectivity index (χ4v) is 2.62. The molecule has 0 spiro atoms. The van der Waals surface area contributed by atoms with Crippen molar-refractivity contribution in [3.8, 4) is 0 Å². The second kappa shape index (κ2) is 7.91. The van der Waals surface area contributed by atoms with Gasteiger partial charge in [-0.15, -0.1) is 0 Å². The van der Waals surface area contributed by atoms with Crippen molar-refractivity contribution in [2.24, 2.45) is 0 Å². The lowest BCUT2D eigenvalue weighted by atomic mass is 10.1. The molecule has 0 unspecified atom stereocenters. The number of benzene rings is 2. The van der Waals surface area contributed by atoms with Gasteiger partial charge in [-0.3, -0.25) is 4.79 Å². The smallest absolute Gasteiger partial charge is 0.257 e. The topological polar surface area (TPSA) is 57.3 Å². The number of anilines is 4. The van der Waals surface area contributed by atoms with Crippen LogP contribution in [0.15, 0.2) is 60.8 Å². The molecule has 5 nitrogen and oxygen atoms in total. The number of pyridine rings is 1. The molecule has 3 aromatic rings. The second-order valence-electron chi connectivity index (χ2n) is 6.75. The van der Waals surface area contributed by atoms with Gasteiger partial charge in [-0.25, -0.2) is 4.98 Å². The molecule has 0 aliphatic carbocycles. The molecule has 0 atom stereocenters. The van der Waals surface area contributed by atoms with Gasteiger partial charge in [-0.2, -0.15) is 0 Å². The lowest BCUT2D eigenvalue weighted by Gasteiger charge is -2.13. The Morgan fingerprint density at radius 1 is 0.889 bits per heavy atom. The van der Waals surface area contributed by atoms with E-state index >= 15 is 0 Å². The van der Waals surface area contributed by atoms with Gasteiger partial charge in [-0.1, -0.05) is 6.07 Å². The first-order valence-corrected chi connectivity index (χ1v) is 8.81. The molecule has 0 aliphatic heterocycles. The minimum atomic E-state index is -0.173. The van der Waals surface area contributed by atoms with Crippen molar-refractivity contribution < 1.29 is 4.79 Å². The normalized spacial score (nSPS) is 10.4. The van der Waals surface area contributed by atoms with E-state index in [1.165, 1.54) is 5.56 Å². The number of carbonyl (C=O) groups is 1. The van der Waals surface area contributed by atoms with E-state index < -0.39 is 0 Å². The van der Waals surface area contributed by atoms with Crippen molar-refractivity contribution in [3.05, 3.63) is 77.5 Å². The summed E-state index contributed by atoms with van der Waals surface area (Å²) in [6.07, 6.45) is 1.58. The molecule has 0 bridgehead atoms. The molecule has 3 rings (SSSR count). The van der Waals surface area contributed by atoms with Crippen LogP contribution in [0.1, 0.15) is 21.5 Å². The number of nitrogens with zero attached hydrogens (tertiary/aromatic N) is 2. The van der Waals surface area contributed by atoms with Crippen LogP contribution in [0.5, 0.6) is 0 Å². The van der Waals surface area contributed by atoms with E-state index in [0.717, 1.165) is 22.6 Å². The van der Waals surface area contributed by atoms with Gasteiger partial charge in [0.05, 0.1) is 5.56 Å². The summed E-state index contributed by atoms with van der Waals surface area (Å²) < 4.78 is 0. The highest BCUT2D eigenvalue weighted by Crippen LogP contribution is 2.20. The largest absolute Gasteiger partial charge is 0.378 e. The van der Waals surface area contributed by atoms with Crippen molar-refractivity contribution >= 4 is 28.8 Å². The van der Waals surface area contributed by atoms with Gasteiger partial charge in [0, 0.05) is 37.4 Å². The Morgan fingerprint density at radius 3 is 2.19 bits per heavy atom. The predicted molar refractivity (Wildman–Crippen MR) is 112 cm³/mol. The summed E-state index contributed by atoms with van der Waals surface area (Å²) in [6, 6.07) is 17.5. The zero-order valence-electron chi connectivity index (χ0n) is 16.1. The molecular formula is C22H24N4O. The third-order valence-corrected chi connectivity index (χ3v) is 4.45. The summed E-state index contributed by atoms with van der Waals surface area (Å²) in [5, 5.41) is 6.15. The van der Waals surface area contributed by atoms with E-state index in [9.17, 15) is 4.79 Å². The first-order chi connectivity index (χ1) is 12.9. The third-order valence-electron chi connectivity index (χ3n) is 4.45. The Kier molecular flexibility index (Phi) is 5.41. The van der Waals surface area contributed by atoms with Crippen LogP contribution >= 0.6 is 0 Å². The Hall–Kier alpha value is -3.34. The summed E-state index contributed by atoms with van der Waals surface area (Å²) in [5.41, 5.74) is 5.72. The number of hydrogen-bond donors (Lipinski definition) is 2. The van der Waals surface area contributed by atoms with Gasteiger partial charge in [0.15, 0.2) is 0 Å². The third kappa shape index (κ3) is 4.64. The molecular weight excluding hydrogens is 336 g/mol. The molecule has 1 heterocycles. The van der Waals surface area contributed by atoms with Crippen LogP contribution in [0.25, 0.3) is 0 Å². The van der Waals surface area contributed by atoms with Crippen LogP contribution in [0.2, 0.25) is 0 Å². The van der Waals surface area contributed by atoms with E-state index in [1.807, 2.05) is 75.3 Å². The highest BCUT2D eigenvalue weighted by molar-refractivity contribution is 6.04. The quantitative estimate of drug-likeness (QED) is 0.689. The fraction of sp³-hybridized carbons (Fsp3) is 0.182. The van der Waals surface area contributed by atoms with Crippen molar-refractivity contribution in [2.45, 2.75) is 13.8 Å².